The van der Waals surface area contributed by atoms with Gasteiger partial charge in [-0.1, -0.05) is 0 Å². The smallest absolute Gasteiger partial charge is 0.272 e. The molecule has 0 spiro atoms. The number of nitrogens with one attached hydrogen (secondary N) is 1. The number of aryl methyl sites for hydroxylation is 1. The first-order valence-electron chi connectivity index (χ1n) is 8.34. The molecule has 0 aliphatic carbocycles. The molecule has 1 aromatic carbocycles. The Morgan fingerprint density at radius 3 is 2.38 bits per heavy atom. The first-order valence-corrected chi connectivity index (χ1v) is 8.34. The number of amides is 1. The van der Waals surface area contributed by atoms with E-state index in [9.17, 15) is 4.79 Å². The normalized spacial score (nSPS) is 12.7. The van der Waals surface area contributed by atoms with Crippen LogP contribution in [0.2, 0.25) is 0 Å². The van der Waals surface area contributed by atoms with E-state index in [0.29, 0.717) is 12.3 Å². The highest BCUT2D eigenvalue weighted by atomic mass is 16.5. The second kappa shape index (κ2) is 5.65. The predicted molar refractivity (Wildman–Crippen MR) is 94.5 cm³/mol. The molecule has 5 heteroatoms. The average molecular weight is 327 g/mol. The molecule has 1 amide bonds. The number of fused-ring (bicyclic) bond motifs is 3. The first-order chi connectivity index (χ1) is 11.2. The molecule has 1 aliphatic heterocycles. The van der Waals surface area contributed by atoms with Gasteiger partial charge in [-0.3, -0.25) is 9.48 Å². The van der Waals surface area contributed by atoms with Crippen LogP contribution in [0.1, 0.15) is 52.2 Å². The topological polar surface area (TPSA) is 56.1 Å². The maximum atomic E-state index is 12.5. The van der Waals surface area contributed by atoms with Crippen molar-refractivity contribution in [2.45, 2.75) is 54.2 Å². The van der Waals surface area contributed by atoms with Crippen LogP contribution in [-0.4, -0.2) is 21.7 Å². The maximum absolute atomic E-state index is 12.5. The Kier molecular flexibility index (Phi) is 3.90. The summed E-state index contributed by atoms with van der Waals surface area (Å²) in [6, 6.07) is 0.0702. The highest BCUT2D eigenvalue weighted by Crippen LogP contribution is 2.45. The minimum absolute atomic E-state index is 0.0702. The predicted octanol–water partition coefficient (Wildman–Crippen LogP) is 3.35. The summed E-state index contributed by atoms with van der Waals surface area (Å²) in [5.41, 5.74) is 8.26. The Hall–Kier alpha value is -2.30. The van der Waals surface area contributed by atoms with Crippen LogP contribution in [0.5, 0.6) is 5.75 Å². The van der Waals surface area contributed by atoms with E-state index in [2.05, 4.69) is 38.1 Å². The third-order valence-electron chi connectivity index (χ3n) is 5.01. The van der Waals surface area contributed by atoms with Crippen LogP contribution in [0, 0.1) is 27.7 Å². The molecule has 0 bridgehead atoms. The van der Waals surface area contributed by atoms with Gasteiger partial charge in [0.15, 0.2) is 5.69 Å². The number of hydrogen-bond donors (Lipinski definition) is 1. The van der Waals surface area contributed by atoms with Crippen LogP contribution in [-0.2, 0) is 13.7 Å². The molecule has 2 aromatic rings. The fourth-order valence-corrected chi connectivity index (χ4v) is 3.42. The molecule has 128 valence electrons. The summed E-state index contributed by atoms with van der Waals surface area (Å²) in [5.74, 6) is 0.772. The molecule has 1 aromatic heterocycles. The number of carbonyl (C=O) groups excluding carboxylic acids is 1. The Labute approximate surface area is 143 Å². The molecule has 3 rings (SSSR count). The molecule has 0 unspecified atom stereocenters. The Morgan fingerprint density at radius 2 is 1.75 bits per heavy atom. The van der Waals surface area contributed by atoms with Crippen molar-refractivity contribution in [1.29, 1.82) is 0 Å². The van der Waals surface area contributed by atoms with E-state index in [4.69, 9.17) is 4.74 Å². The Morgan fingerprint density at radius 1 is 1.12 bits per heavy atom. The van der Waals surface area contributed by atoms with Crippen molar-refractivity contribution in [1.82, 2.24) is 15.1 Å². The molecule has 1 aliphatic rings. The third kappa shape index (κ3) is 2.30. The van der Waals surface area contributed by atoms with Gasteiger partial charge in [0.05, 0.1) is 5.69 Å². The SMILES string of the molecule is Cc1c(C)c(C)c2c(c1C)OCc1c(C(=O)NC(C)C)nn(C)c1-2. The van der Waals surface area contributed by atoms with Crippen LogP contribution >= 0.6 is 0 Å². The number of nitrogens with zero attached hydrogens (tertiary/aromatic N) is 2. The van der Waals surface area contributed by atoms with Crippen molar-refractivity contribution in [3.05, 3.63) is 33.5 Å². The van der Waals surface area contributed by atoms with Crippen molar-refractivity contribution in [2.75, 3.05) is 0 Å². The zero-order valence-electron chi connectivity index (χ0n) is 15.5. The molecule has 0 saturated carbocycles. The fourth-order valence-electron chi connectivity index (χ4n) is 3.42. The molecule has 24 heavy (non-hydrogen) atoms. The minimum atomic E-state index is -0.146. The number of ether oxygens (including phenoxy) is 1. The van der Waals surface area contributed by atoms with Crippen molar-refractivity contribution >= 4 is 5.91 Å². The van der Waals surface area contributed by atoms with Gasteiger partial charge in [-0.05, 0) is 63.8 Å². The van der Waals surface area contributed by atoms with Crippen LogP contribution in [0.25, 0.3) is 11.3 Å². The highest BCUT2D eigenvalue weighted by molar-refractivity contribution is 5.96. The van der Waals surface area contributed by atoms with E-state index in [0.717, 1.165) is 28.1 Å². The van der Waals surface area contributed by atoms with Crippen LogP contribution < -0.4 is 10.1 Å². The summed E-state index contributed by atoms with van der Waals surface area (Å²) in [7, 11) is 1.89. The summed E-state index contributed by atoms with van der Waals surface area (Å²) >= 11 is 0. The van der Waals surface area contributed by atoms with Gasteiger partial charge in [0, 0.05) is 24.2 Å². The molecule has 1 N–H and O–H groups in total. The van der Waals surface area contributed by atoms with E-state index >= 15 is 0 Å². The second-order valence-electron chi connectivity index (χ2n) is 6.92. The van der Waals surface area contributed by atoms with Crippen LogP contribution in [0.15, 0.2) is 0 Å². The van der Waals surface area contributed by atoms with Gasteiger partial charge in [0.1, 0.15) is 12.4 Å². The highest BCUT2D eigenvalue weighted by Gasteiger charge is 2.31. The van der Waals surface area contributed by atoms with Crippen molar-refractivity contribution in [3.8, 4) is 17.0 Å². The van der Waals surface area contributed by atoms with Crippen molar-refractivity contribution in [3.63, 3.8) is 0 Å². The molecule has 5 nitrogen and oxygen atoms in total. The summed E-state index contributed by atoms with van der Waals surface area (Å²) in [4.78, 5) is 12.5. The van der Waals surface area contributed by atoms with Gasteiger partial charge in [-0.2, -0.15) is 5.10 Å². The van der Waals surface area contributed by atoms with Gasteiger partial charge in [0.25, 0.3) is 5.91 Å². The van der Waals surface area contributed by atoms with E-state index in [1.165, 1.54) is 16.7 Å². The standard InChI is InChI=1S/C19H25N3O2/c1-9(2)20-19(23)16-14-8-24-18-13(6)11(4)10(3)12(5)15(18)17(14)22(7)21-16/h9H,8H2,1-7H3,(H,20,23). The Bertz CT molecular complexity index is 847. The second-order valence-corrected chi connectivity index (χ2v) is 6.92. The number of carbonyl (C=O) groups is 1. The minimum Gasteiger partial charge on any atom is -0.488 e. The van der Waals surface area contributed by atoms with E-state index in [-0.39, 0.29) is 11.9 Å². The van der Waals surface area contributed by atoms with Crippen molar-refractivity contribution in [2.24, 2.45) is 7.05 Å². The van der Waals surface area contributed by atoms with Gasteiger partial charge < -0.3 is 10.1 Å². The largest absolute Gasteiger partial charge is 0.488 e. The third-order valence-corrected chi connectivity index (χ3v) is 5.01. The van der Waals surface area contributed by atoms with Gasteiger partial charge >= 0.3 is 0 Å². The zero-order chi connectivity index (χ0) is 17.8. The van der Waals surface area contributed by atoms with Crippen LogP contribution in [0.4, 0.5) is 0 Å². The lowest BCUT2D eigenvalue weighted by Crippen LogP contribution is -2.31. The van der Waals surface area contributed by atoms with Crippen LogP contribution in [0.3, 0.4) is 0 Å². The molecule has 0 atom stereocenters. The summed E-state index contributed by atoms with van der Waals surface area (Å²) in [5, 5.41) is 7.41. The Balaban J connectivity index is 2.24. The maximum Gasteiger partial charge on any atom is 0.272 e. The van der Waals surface area contributed by atoms with E-state index < -0.39 is 0 Å². The number of benzene rings is 1. The molecule has 0 radical (unpaired) electrons. The number of rotatable bonds is 2. The lowest BCUT2D eigenvalue weighted by molar-refractivity contribution is 0.0935. The number of aromatic nitrogens is 2. The average Bonchev–Trinajstić information content (AvgIpc) is 2.87. The quantitative estimate of drug-likeness (QED) is 0.920. The van der Waals surface area contributed by atoms with Gasteiger partial charge in [-0.15, -0.1) is 0 Å². The van der Waals surface area contributed by atoms with E-state index in [1.54, 1.807) is 0 Å². The lowest BCUT2D eigenvalue weighted by Gasteiger charge is -2.25. The first kappa shape index (κ1) is 16.6. The fraction of sp³-hybridized carbons (Fsp3) is 0.474. The zero-order valence-corrected chi connectivity index (χ0v) is 15.5. The summed E-state index contributed by atoms with van der Waals surface area (Å²) in [6.45, 7) is 12.7. The molecule has 0 saturated heterocycles. The monoisotopic (exact) mass is 327 g/mol. The number of hydrogen-bond acceptors (Lipinski definition) is 3. The molecular formula is C19H25N3O2. The van der Waals surface area contributed by atoms with Gasteiger partial charge in [-0.25, -0.2) is 0 Å². The summed E-state index contributed by atoms with van der Waals surface area (Å²) < 4.78 is 7.89. The summed E-state index contributed by atoms with van der Waals surface area (Å²) in [6.07, 6.45) is 0. The van der Waals surface area contributed by atoms with E-state index in [1.807, 2.05) is 25.6 Å². The molecule has 2 heterocycles. The van der Waals surface area contributed by atoms with Gasteiger partial charge in [0.2, 0.25) is 0 Å². The molecule has 0 fully saturated rings. The molecular weight excluding hydrogens is 302 g/mol. The lowest BCUT2D eigenvalue weighted by atomic mass is 9.89. The van der Waals surface area contributed by atoms with Crippen molar-refractivity contribution < 1.29 is 9.53 Å².